The number of nitrogens with zero attached hydrogens (tertiary/aromatic N) is 1. The topological polar surface area (TPSA) is 68.5 Å². The number of carbonyl (C=O) groups is 2. The van der Waals surface area contributed by atoms with Crippen molar-refractivity contribution in [2.45, 2.75) is 19.6 Å². The average molecular weight is 299 g/mol. The number of benzene rings is 1. The molecule has 0 amide bonds. The number of rotatable bonds is 6. The summed E-state index contributed by atoms with van der Waals surface area (Å²) in [7, 11) is 0. The van der Waals surface area contributed by atoms with E-state index in [1.54, 1.807) is 29.8 Å². The molecule has 1 aromatic carbocycles. The Morgan fingerprint density at radius 2 is 1.95 bits per heavy atom. The number of esters is 1. The fourth-order valence-electron chi connectivity index (χ4n) is 2.02. The Kier molecular flexibility index (Phi) is 5.14. The van der Waals surface area contributed by atoms with E-state index in [0.717, 1.165) is 11.6 Å². The second-order valence-electron chi connectivity index (χ2n) is 4.78. The highest BCUT2D eigenvalue weighted by Gasteiger charge is 2.17. The molecule has 22 heavy (non-hydrogen) atoms. The summed E-state index contributed by atoms with van der Waals surface area (Å²) < 4.78 is 6.97. The van der Waals surface area contributed by atoms with Gasteiger partial charge in [0.1, 0.15) is 12.6 Å². The normalized spacial score (nSPS) is 12.2. The lowest BCUT2D eigenvalue weighted by Crippen LogP contribution is -2.19. The number of aromatic nitrogens is 1. The first-order chi connectivity index (χ1) is 10.6. The molecule has 0 radical (unpaired) electrons. The van der Waals surface area contributed by atoms with Crippen LogP contribution in [0, 0.1) is 0 Å². The smallest absolute Gasteiger partial charge is 0.329 e. The molecule has 1 N–H and O–H groups in total. The van der Waals surface area contributed by atoms with Gasteiger partial charge in [-0.25, -0.2) is 9.59 Å². The quantitative estimate of drug-likeness (QED) is 0.658. The molecule has 1 heterocycles. The van der Waals surface area contributed by atoms with Crippen LogP contribution in [0.3, 0.4) is 0 Å². The van der Waals surface area contributed by atoms with Crippen LogP contribution in [0.4, 0.5) is 0 Å². The zero-order valence-corrected chi connectivity index (χ0v) is 12.2. The van der Waals surface area contributed by atoms with Gasteiger partial charge >= 0.3 is 11.9 Å². The zero-order valence-electron chi connectivity index (χ0n) is 12.2. The molecule has 0 aliphatic rings. The molecule has 1 aromatic heterocycles. The lowest BCUT2D eigenvalue weighted by atomic mass is 10.2. The van der Waals surface area contributed by atoms with Gasteiger partial charge in [0.25, 0.3) is 0 Å². The molecule has 5 nitrogen and oxygen atoms in total. The van der Waals surface area contributed by atoms with Crippen LogP contribution in [0.2, 0.25) is 0 Å². The number of carboxylic acids is 1. The summed E-state index contributed by atoms with van der Waals surface area (Å²) in [6.45, 7) is 1.93. The number of hydrogen-bond donors (Lipinski definition) is 1. The van der Waals surface area contributed by atoms with Gasteiger partial charge < -0.3 is 14.4 Å². The summed E-state index contributed by atoms with van der Waals surface area (Å²) in [5.74, 6) is -1.41. The first-order valence-corrected chi connectivity index (χ1v) is 6.86. The average Bonchev–Trinajstić information content (AvgIpc) is 2.99. The number of hydrogen-bond acceptors (Lipinski definition) is 3. The lowest BCUT2D eigenvalue weighted by Gasteiger charge is -2.15. The highest BCUT2D eigenvalue weighted by atomic mass is 16.5. The molecule has 5 heteroatoms. The molecular weight excluding hydrogens is 282 g/mol. The first kappa shape index (κ1) is 15.6. The standard InChI is InChI=1S/C17H17NO4/c1-13(17(21)22-12-14-6-3-2-4-7-14)18-11-5-8-15(18)9-10-16(19)20/h2-11,13H,12H2,1H3,(H,19,20)/b10-9+. The summed E-state index contributed by atoms with van der Waals surface area (Å²) >= 11 is 0. The predicted octanol–water partition coefficient (Wildman–Crippen LogP) is 2.89. The molecule has 2 aromatic rings. The molecule has 114 valence electrons. The Hall–Kier alpha value is -2.82. The fraction of sp³-hybridized carbons (Fsp3) is 0.176. The maximum atomic E-state index is 12.1. The summed E-state index contributed by atoms with van der Waals surface area (Å²) in [6, 6.07) is 12.4. The van der Waals surface area contributed by atoms with Gasteiger partial charge in [0.2, 0.25) is 0 Å². The van der Waals surface area contributed by atoms with Crippen LogP contribution in [-0.4, -0.2) is 21.6 Å². The number of carbonyl (C=O) groups excluding carboxylic acids is 1. The van der Waals surface area contributed by atoms with Crippen molar-refractivity contribution in [2.75, 3.05) is 0 Å². The zero-order chi connectivity index (χ0) is 15.9. The maximum absolute atomic E-state index is 12.1. The Balaban J connectivity index is 2.02. The first-order valence-electron chi connectivity index (χ1n) is 6.86. The van der Waals surface area contributed by atoms with Gasteiger partial charge in [0, 0.05) is 18.0 Å². The van der Waals surface area contributed by atoms with Crippen LogP contribution in [0.25, 0.3) is 6.08 Å². The fourth-order valence-corrected chi connectivity index (χ4v) is 2.02. The summed E-state index contributed by atoms with van der Waals surface area (Å²) in [4.78, 5) is 22.7. The van der Waals surface area contributed by atoms with Gasteiger partial charge in [-0.05, 0) is 30.7 Å². The second-order valence-corrected chi connectivity index (χ2v) is 4.78. The SMILES string of the molecule is CC(C(=O)OCc1ccccc1)n1cccc1/C=C/C(=O)O. The van der Waals surface area contributed by atoms with Crippen LogP contribution in [-0.2, 0) is 20.9 Å². The third-order valence-electron chi connectivity index (χ3n) is 3.19. The van der Waals surface area contributed by atoms with E-state index in [9.17, 15) is 9.59 Å². The van der Waals surface area contributed by atoms with Crippen LogP contribution in [0.1, 0.15) is 24.2 Å². The van der Waals surface area contributed by atoms with Gasteiger partial charge in [-0.3, -0.25) is 0 Å². The van der Waals surface area contributed by atoms with E-state index in [-0.39, 0.29) is 12.6 Å². The molecule has 0 bridgehead atoms. The molecule has 1 unspecified atom stereocenters. The van der Waals surface area contributed by atoms with Gasteiger partial charge in [0.15, 0.2) is 0 Å². The van der Waals surface area contributed by atoms with E-state index in [1.165, 1.54) is 6.08 Å². The maximum Gasteiger partial charge on any atom is 0.329 e. The molecule has 0 saturated carbocycles. The van der Waals surface area contributed by atoms with Crippen molar-refractivity contribution in [3.8, 4) is 0 Å². The van der Waals surface area contributed by atoms with Crippen molar-refractivity contribution in [3.63, 3.8) is 0 Å². The highest BCUT2D eigenvalue weighted by Crippen LogP contribution is 2.15. The molecule has 2 rings (SSSR count). The van der Waals surface area contributed by atoms with Crippen molar-refractivity contribution in [1.82, 2.24) is 4.57 Å². The van der Waals surface area contributed by atoms with Gasteiger partial charge in [-0.15, -0.1) is 0 Å². The third-order valence-corrected chi connectivity index (χ3v) is 3.19. The van der Waals surface area contributed by atoms with E-state index in [1.807, 2.05) is 30.3 Å². The van der Waals surface area contributed by atoms with Crippen molar-refractivity contribution >= 4 is 18.0 Å². The van der Waals surface area contributed by atoms with Gasteiger partial charge in [-0.1, -0.05) is 30.3 Å². The minimum Gasteiger partial charge on any atom is -0.478 e. The van der Waals surface area contributed by atoms with Crippen LogP contribution < -0.4 is 0 Å². The largest absolute Gasteiger partial charge is 0.478 e. The molecule has 1 atom stereocenters. The summed E-state index contributed by atoms with van der Waals surface area (Å²) in [6.07, 6.45) is 4.20. The summed E-state index contributed by atoms with van der Waals surface area (Å²) in [5, 5.41) is 8.67. The van der Waals surface area contributed by atoms with E-state index >= 15 is 0 Å². The van der Waals surface area contributed by atoms with E-state index in [2.05, 4.69) is 0 Å². The number of aliphatic carboxylic acids is 1. The number of carboxylic acid groups (broad SMARTS) is 1. The Bertz CT molecular complexity index is 673. The van der Waals surface area contributed by atoms with Crippen molar-refractivity contribution in [3.05, 3.63) is 66.0 Å². The van der Waals surface area contributed by atoms with Crippen LogP contribution >= 0.6 is 0 Å². The second kappa shape index (κ2) is 7.26. The van der Waals surface area contributed by atoms with Crippen LogP contribution in [0.5, 0.6) is 0 Å². The van der Waals surface area contributed by atoms with Crippen molar-refractivity contribution in [2.24, 2.45) is 0 Å². The van der Waals surface area contributed by atoms with Gasteiger partial charge in [-0.2, -0.15) is 0 Å². The lowest BCUT2D eigenvalue weighted by molar-refractivity contribution is -0.148. The minimum absolute atomic E-state index is 0.214. The minimum atomic E-state index is -1.04. The molecule has 0 aliphatic heterocycles. The molecule has 0 aliphatic carbocycles. The third kappa shape index (κ3) is 4.09. The van der Waals surface area contributed by atoms with Crippen LogP contribution in [0.15, 0.2) is 54.7 Å². The monoisotopic (exact) mass is 299 g/mol. The Morgan fingerprint density at radius 1 is 1.23 bits per heavy atom. The summed E-state index contributed by atoms with van der Waals surface area (Å²) in [5.41, 5.74) is 1.55. The molecule has 0 spiro atoms. The Morgan fingerprint density at radius 3 is 2.64 bits per heavy atom. The van der Waals surface area contributed by atoms with E-state index in [0.29, 0.717) is 5.69 Å². The molecule has 0 saturated heterocycles. The van der Waals surface area contributed by atoms with Crippen molar-refractivity contribution < 1.29 is 19.4 Å². The van der Waals surface area contributed by atoms with E-state index < -0.39 is 12.0 Å². The molecule has 0 fully saturated rings. The predicted molar refractivity (Wildman–Crippen MR) is 82.1 cm³/mol. The highest BCUT2D eigenvalue weighted by molar-refractivity contribution is 5.85. The number of ether oxygens (including phenoxy) is 1. The van der Waals surface area contributed by atoms with E-state index in [4.69, 9.17) is 9.84 Å². The van der Waals surface area contributed by atoms with Gasteiger partial charge in [0.05, 0.1) is 0 Å². The molecular formula is C17H17NO4. The Labute approximate surface area is 128 Å². The van der Waals surface area contributed by atoms with Crippen molar-refractivity contribution in [1.29, 1.82) is 0 Å².